The van der Waals surface area contributed by atoms with E-state index in [1.165, 1.54) is 0 Å². The molecule has 0 aromatic carbocycles. The predicted molar refractivity (Wildman–Crippen MR) is 83.6 cm³/mol. The maximum atomic E-state index is 5.65. The molecule has 0 amide bonds. The lowest BCUT2D eigenvalue weighted by molar-refractivity contribution is 0.0970. The van der Waals surface area contributed by atoms with Crippen LogP contribution in [0.1, 0.15) is 39.4 Å². The molecule has 2 aromatic rings. The van der Waals surface area contributed by atoms with Crippen LogP contribution in [0.5, 0.6) is 0 Å². The summed E-state index contributed by atoms with van der Waals surface area (Å²) in [4.78, 5) is 3.32. The minimum atomic E-state index is 0.219. The zero-order valence-corrected chi connectivity index (χ0v) is 13.8. The van der Waals surface area contributed by atoms with Gasteiger partial charge in [-0.15, -0.1) is 0 Å². The number of aromatic nitrogens is 4. The van der Waals surface area contributed by atoms with Gasteiger partial charge in [-0.3, -0.25) is 9.25 Å². The summed E-state index contributed by atoms with van der Waals surface area (Å²) in [5.41, 5.74) is 3.18. The molecule has 20 heavy (non-hydrogen) atoms. The average molecular weight is 296 g/mol. The van der Waals surface area contributed by atoms with E-state index in [1.54, 1.807) is 0 Å². The molecule has 2 aromatic heterocycles. The Morgan fingerprint density at radius 2 is 2.05 bits per heavy atom. The smallest absolute Gasteiger partial charge is 0.179 e. The van der Waals surface area contributed by atoms with Crippen LogP contribution in [0.15, 0.2) is 0 Å². The Bertz CT molecular complexity index is 637. The number of rotatable bonds is 6. The van der Waals surface area contributed by atoms with Gasteiger partial charge >= 0.3 is 0 Å². The second kappa shape index (κ2) is 6.10. The highest BCUT2D eigenvalue weighted by atomic mass is 32.1. The van der Waals surface area contributed by atoms with E-state index in [4.69, 9.17) is 17.0 Å². The van der Waals surface area contributed by atoms with Crippen LogP contribution in [-0.2, 0) is 18.2 Å². The number of nitrogens with zero attached hydrogens (tertiary/aromatic N) is 3. The van der Waals surface area contributed by atoms with Crippen molar-refractivity contribution in [2.24, 2.45) is 13.0 Å². The SMILES string of the molecule is CCOCC(C(C)C)n1c(=S)[nH]c2c(CC)nn(C)c21. The molecule has 0 bridgehead atoms. The van der Waals surface area contributed by atoms with Crippen LogP contribution in [0, 0.1) is 10.7 Å². The van der Waals surface area contributed by atoms with Crippen molar-refractivity contribution in [3.8, 4) is 0 Å². The fraction of sp³-hybridized carbons (Fsp3) is 0.714. The minimum absolute atomic E-state index is 0.219. The fourth-order valence-corrected chi connectivity index (χ4v) is 2.92. The second-order valence-corrected chi connectivity index (χ2v) is 5.78. The number of hydrogen-bond donors (Lipinski definition) is 1. The monoisotopic (exact) mass is 296 g/mol. The number of nitrogens with one attached hydrogen (secondary N) is 1. The van der Waals surface area contributed by atoms with Gasteiger partial charge in [-0.2, -0.15) is 5.10 Å². The van der Waals surface area contributed by atoms with Crippen LogP contribution in [-0.4, -0.2) is 32.5 Å². The highest BCUT2D eigenvalue weighted by molar-refractivity contribution is 7.71. The molecule has 6 heteroatoms. The molecule has 0 aliphatic rings. The zero-order chi connectivity index (χ0) is 14.9. The summed E-state index contributed by atoms with van der Waals surface area (Å²) >= 11 is 5.53. The maximum absolute atomic E-state index is 5.65. The summed E-state index contributed by atoms with van der Waals surface area (Å²) in [5, 5.41) is 4.57. The van der Waals surface area contributed by atoms with Gasteiger partial charge in [0.1, 0.15) is 5.52 Å². The first-order chi connectivity index (χ1) is 9.51. The molecule has 2 heterocycles. The quantitative estimate of drug-likeness (QED) is 0.833. The molecular formula is C14H24N4OS. The van der Waals surface area contributed by atoms with Crippen molar-refractivity contribution in [2.75, 3.05) is 13.2 Å². The molecular weight excluding hydrogens is 272 g/mol. The van der Waals surface area contributed by atoms with Gasteiger partial charge in [0.25, 0.3) is 0 Å². The van der Waals surface area contributed by atoms with Gasteiger partial charge in [0.2, 0.25) is 0 Å². The number of ether oxygens (including phenoxy) is 1. The van der Waals surface area contributed by atoms with E-state index in [0.717, 1.165) is 34.7 Å². The third-order valence-electron chi connectivity index (χ3n) is 3.70. The van der Waals surface area contributed by atoms with Crippen LogP contribution in [0.2, 0.25) is 0 Å². The van der Waals surface area contributed by atoms with Crippen molar-refractivity contribution in [3.63, 3.8) is 0 Å². The summed E-state index contributed by atoms with van der Waals surface area (Å²) < 4.78 is 10.5. The van der Waals surface area contributed by atoms with Crippen molar-refractivity contribution < 1.29 is 4.74 Å². The van der Waals surface area contributed by atoms with Crippen LogP contribution < -0.4 is 0 Å². The molecule has 2 rings (SSSR count). The first kappa shape index (κ1) is 15.3. The largest absolute Gasteiger partial charge is 0.380 e. The third kappa shape index (κ3) is 2.54. The van der Waals surface area contributed by atoms with Crippen molar-refractivity contribution in [3.05, 3.63) is 10.5 Å². The van der Waals surface area contributed by atoms with E-state index in [2.05, 4.69) is 35.4 Å². The topological polar surface area (TPSA) is 47.8 Å². The van der Waals surface area contributed by atoms with Gasteiger partial charge in [0.05, 0.1) is 18.3 Å². The maximum Gasteiger partial charge on any atom is 0.179 e. The molecule has 1 atom stereocenters. The Hall–Kier alpha value is -1.14. The Balaban J connectivity index is 2.59. The van der Waals surface area contributed by atoms with Crippen molar-refractivity contribution in [1.82, 2.24) is 19.3 Å². The zero-order valence-electron chi connectivity index (χ0n) is 12.9. The van der Waals surface area contributed by atoms with E-state index < -0.39 is 0 Å². The number of aryl methyl sites for hydroxylation is 2. The lowest BCUT2D eigenvalue weighted by Crippen LogP contribution is -2.22. The molecule has 112 valence electrons. The van der Waals surface area contributed by atoms with Crippen molar-refractivity contribution in [1.29, 1.82) is 0 Å². The van der Waals surface area contributed by atoms with Crippen LogP contribution in [0.3, 0.4) is 0 Å². The van der Waals surface area contributed by atoms with Gasteiger partial charge in [-0.1, -0.05) is 20.8 Å². The predicted octanol–water partition coefficient (Wildman–Crippen LogP) is 3.23. The normalized spacial score (nSPS) is 13.5. The molecule has 0 aliphatic heterocycles. The summed E-state index contributed by atoms with van der Waals surface area (Å²) in [6.45, 7) is 9.90. The number of hydrogen-bond acceptors (Lipinski definition) is 3. The fourth-order valence-electron chi connectivity index (χ4n) is 2.60. The third-order valence-corrected chi connectivity index (χ3v) is 4.00. The summed E-state index contributed by atoms with van der Waals surface area (Å²) in [6.07, 6.45) is 0.893. The summed E-state index contributed by atoms with van der Waals surface area (Å²) in [5.74, 6) is 0.437. The van der Waals surface area contributed by atoms with Crippen molar-refractivity contribution in [2.45, 2.75) is 40.2 Å². The minimum Gasteiger partial charge on any atom is -0.380 e. The molecule has 0 spiro atoms. The molecule has 1 N–H and O–H groups in total. The highest BCUT2D eigenvalue weighted by Gasteiger charge is 2.23. The Morgan fingerprint density at radius 1 is 1.35 bits per heavy atom. The van der Waals surface area contributed by atoms with Gasteiger partial charge in [-0.05, 0) is 31.5 Å². The lowest BCUT2D eigenvalue weighted by Gasteiger charge is -2.23. The first-order valence-electron chi connectivity index (χ1n) is 7.25. The Kier molecular flexibility index (Phi) is 4.65. The van der Waals surface area contributed by atoms with Gasteiger partial charge in [0.15, 0.2) is 10.4 Å². The van der Waals surface area contributed by atoms with Gasteiger partial charge < -0.3 is 9.72 Å². The van der Waals surface area contributed by atoms with Crippen LogP contribution in [0.25, 0.3) is 11.2 Å². The van der Waals surface area contributed by atoms with E-state index in [-0.39, 0.29) is 6.04 Å². The summed E-state index contributed by atoms with van der Waals surface area (Å²) in [7, 11) is 1.97. The first-order valence-corrected chi connectivity index (χ1v) is 7.65. The number of aromatic amines is 1. The van der Waals surface area contributed by atoms with Crippen LogP contribution in [0.4, 0.5) is 0 Å². The molecule has 0 saturated carbocycles. The number of fused-ring (bicyclic) bond motifs is 1. The molecule has 0 radical (unpaired) electrons. The average Bonchev–Trinajstić information content (AvgIpc) is 2.88. The molecule has 5 nitrogen and oxygen atoms in total. The lowest BCUT2D eigenvalue weighted by atomic mass is 10.1. The van der Waals surface area contributed by atoms with E-state index in [9.17, 15) is 0 Å². The second-order valence-electron chi connectivity index (χ2n) is 5.39. The molecule has 1 unspecified atom stereocenters. The van der Waals surface area contributed by atoms with E-state index in [0.29, 0.717) is 12.5 Å². The number of imidazole rings is 1. The van der Waals surface area contributed by atoms with Gasteiger partial charge in [0, 0.05) is 13.7 Å². The van der Waals surface area contributed by atoms with Gasteiger partial charge in [-0.25, -0.2) is 0 Å². The Morgan fingerprint density at radius 3 is 2.60 bits per heavy atom. The molecule has 0 saturated heterocycles. The van der Waals surface area contributed by atoms with Crippen molar-refractivity contribution >= 4 is 23.4 Å². The number of H-pyrrole nitrogens is 1. The Labute approximate surface area is 124 Å². The van der Waals surface area contributed by atoms with Crippen LogP contribution >= 0.6 is 12.2 Å². The molecule has 0 aliphatic carbocycles. The highest BCUT2D eigenvalue weighted by Crippen LogP contribution is 2.26. The summed E-state index contributed by atoms with van der Waals surface area (Å²) in [6, 6.07) is 0.219. The molecule has 0 fully saturated rings. The van der Waals surface area contributed by atoms with E-state index in [1.807, 2.05) is 18.7 Å². The van der Waals surface area contributed by atoms with E-state index >= 15 is 0 Å². The standard InChI is InChI=1S/C14H24N4OS/c1-6-10-12-13(17(5)16-10)18(14(20)15-12)11(9(3)4)8-19-7-2/h9,11H,6-8H2,1-5H3,(H,15,20).